The van der Waals surface area contributed by atoms with E-state index in [4.69, 9.17) is 0 Å². The highest BCUT2D eigenvalue weighted by molar-refractivity contribution is 6.06. The van der Waals surface area contributed by atoms with E-state index in [9.17, 15) is 9.90 Å². The van der Waals surface area contributed by atoms with Crippen molar-refractivity contribution < 1.29 is 9.90 Å². The number of nitrogens with one attached hydrogen (secondary N) is 1. The zero-order valence-corrected chi connectivity index (χ0v) is 12.6. The van der Waals surface area contributed by atoms with Crippen molar-refractivity contribution in [3.63, 3.8) is 0 Å². The van der Waals surface area contributed by atoms with Crippen molar-refractivity contribution in [3.8, 4) is 0 Å². The minimum absolute atomic E-state index is 0.0926. The van der Waals surface area contributed by atoms with Crippen LogP contribution in [0.4, 0.5) is 0 Å². The first-order chi connectivity index (χ1) is 11.1. The van der Waals surface area contributed by atoms with Crippen molar-refractivity contribution in [3.05, 3.63) is 77.6 Å². The van der Waals surface area contributed by atoms with Gasteiger partial charge >= 0.3 is 0 Å². The summed E-state index contributed by atoms with van der Waals surface area (Å²) in [7, 11) is 0. The maximum atomic E-state index is 12.4. The Labute approximate surface area is 133 Å². The molecule has 3 aromatic rings. The van der Waals surface area contributed by atoms with Crippen LogP contribution < -0.4 is 0 Å². The number of H-pyrrole nitrogens is 1. The molecule has 2 heterocycles. The zero-order valence-electron chi connectivity index (χ0n) is 12.6. The van der Waals surface area contributed by atoms with Crippen molar-refractivity contribution in [2.75, 3.05) is 0 Å². The number of aromatic nitrogens is 4. The molecule has 0 atom stereocenters. The van der Waals surface area contributed by atoms with Gasteiger partial charge in [-0.2, -0.15) is 5.10 Å². The van der Waals surface area contributed by atoms with E-state index in [0.29, 0.717) is 12.2 Å². The molecule has 3 rings (SSSR count). The molecule has 1 aromatic carbocycles. The van der Waals surface area contributed by atoms with Crippen LogP contribution in [0.25, 0.3) is 5.76 Å². The smallest absolute Gasteiger partial charge is 0.215 e. The Bertz CT molecular complexity index is 830. The molecule has 6 heteroatoms. The molecule has 0 aliphatic heterocycles. The van der Waals surface area contributed by atoms with E-state index in [1.807, 2.05) is 42.0 Å². The molecule has 0 spiro atoms. The molecule has 0 saturated carbocycles. The second kappa shape index (κ2) is 6.31. The van der Waals surface area contributed by atoms with Gasteiger partial charge in [0.25, 0.3) is 0 Å². The van der Waals surface area contributed by atoms with Crippen LogP contribution in [0.5, 0.6) is 0 Å². The lowest BCUT2D eigenvalue weighted by Crippen LogP contribution is -2.08. The third-order valence-corrected chi connectivity index (χ3v) is 3.47. The average Bonchev–Trinajstić information content (AvgIpc) is 3.20. The van der Waals surface area contributed by atoms with Gasteiger partial charge in [0.05, 0.1) is 5.69 Å². The molecule has 0 fully saturated rings. The summed E-state index contributed by atoms with van der Waals surface area (Å²) < 4.78 is 1.84. The zero-order chi connectivity index (χ0) is 16.2. The number of aryl methyl sites for hydroxylation is 1. The Morgan fingerprint density at radius 2 is 2.09 bits per heavy atom. The maximum Gasteiger partial charge on any atom is 0.215 e. The summed E-state index contributed by atoms with van der Waals surface area (Å²) in [5.41, 5.74) is 2.78. The van der Waals surface area contributed by atoms with Gasteiger partial charge in [0.2, 0.25) is 11.6 Å². The lowest BCUT2D eigenvalue weighted by atomic mass is 10.1. The Morgan fingerprint density at radius 3 is 2.78 bits per heavy atom. The van der Waals surface area contributed by atoms with E-state index in [0.717, 1.165) is 11.6 Å². The van der Waals surface area contributed by atoms with Crippen molar-refractivity contribution >= 4 is 11.5 Å². The number of aliphatic hydroxyl groups is 1. The van der Waals surface area contributed by atoms with Crippen LogP contribution in [-0.4, -0.2) is 30.6 Å². The summed E-state index contributed by atoms with van der Waals surface area (Å²) in [6, 6.07) is 11.7. The summed E-state index contributed by atoms with van der Waals surface area (Å²) in [6.45, 7) is 2.62. The molecule has 0 amide bonds. The van der Waals surface area contributed by atoms with Gasteiger partial charge in [-0.25, -0.2) is 4.98 Å². The first-order valence-corrected chi connectivity index (χ1v) is 7.15. The highest BCUT2D eigenvalue weighted by Crippen LogP contribution is 2.12. The van der Waals surface area contributed by atoms with Gasteiger partial charge in [-0.05, 0) is 24.6 Å². The minimum Gasteiger partial charge on any atom is -0.504 e. The predicted octanol–water partition coefficient (Wildman–Crippen LogP) is 2.74. The summed E-state index contributed by atoms with van der Waals surface area (Å²) in [5, 5.41) is 16.1. The van der Waals surface area contributed by atoms with E-state index in [1.54, 1.807) is 12.1 Å². The van der Waals surface area contributed by atoms with Crippen LogP contribution in [0.3, 0.4) is 0 Å². The number of carbonyl (C=O) groups is 1. The van der Waals surface area contributed by atoms with Crippen LogP contribution >= 0.6 is 0 Å². The SMILES string of the molecule is Cc1ccc(Cn2cccc2C(=O)C=C(O)c2nc[nH]n2)cc1. The molecular weight excluding hydrogens is 292 g/mol. The fourth-order valence-electron chi connectivity index (χ4n) is 2.26. The number of allylic oxidation sites excluding steroid dienone is 1. The van der Waals surface area contributed by atoms with Crippen LogP contribution in [0.15, 0.2) is 55.0 Å². The van der Waals surface area contributed by atoms with Crippen LogP contribution in [0.2, 0.25) is 0 Å². The quantitative estimate of drug-likeness (QED) is 0.431. The first-order valence-electron chi connectivity index (χ1n) is 7.15. The van der Waals surface area contributed by atoms with E-state index in [2.05, 4.69) is 15.2 Å². The van der Waals surface area contributed by atoms with Gasteiger partial charge < -0.3 is 9.67 Å². The standard InChI is InChI=1S/C17H16N4O2/c1-12-4-6-13(7-5-12)10-21-8-2-3-14(21)15(22)9-16(23)17-18-11-19-20-17/h2-9,11,23H,10H2,1H3,(H,18,19,20). The van der Waals surface area contributed by atoms with E-state index in [1.165, 1.54) is 11.9 Å². The minimum atomic E-state index is -0.301. The molecule has 0 aliphatic carbocycles. The number of aliphatic hydroxyl groups excluding tert-OH is 1. The Hall–Kier alpha value is -3.15. The molecule has 0 saturated heterocycles. The molecule has 23 heavy (non-hydrogen) atoms. The first kappa shape index (κ1) is 14.8. The molecular formula is C17H16N4O2. The Morgan fingerprint density at radius 1 is 1.30 bits per heavy atom. The molecule has 2 aromatic heterocycles. The molecule has 2 N–H and O–H groups in total. The summed E-state index contributed by atoms with van der Waals surface area (Å²) in [4.78, 5) is 16.2. The fraction of sp³-hybridized carbons (Fsp3) is 0.118. The maximum absolute atomic E-state index is 12.4. The lowest BCUT2D eigenvalue weighted by Gasteiger charge is -2.08. The Balaban J connectivity index is 1.81. The van der Waals surface area contributed by atoms with Crippen molar-refractivity contribution in [1.82, 2.24) is 19.7 Å². The van der Waals surface area contributed by atoms with Crippen molar-refractivity contribution in [2.45, 2.75) is 13.5 Å². The van der Waals surface area contributed by atoms with E-state index in [-0.39, 0.29) is 17.4 Å². The summed E-state index contributed by atoms with van der Waals surface area (Å²) in [6.07, 6.45) is 4.30. The monoisotopic (exact) mass is 308 g/mol. The summed E-state index contributed by atoms with van der Waals surface area (Å²) >= 11 is 0. The normalized spacial score (nSPS) is 11.6. The third kappa shape index (κ3) is 3.37. The highest BCUT2D eigenvalue weighted by atomic mass is 16.3. The number of carbonyl (C=O) groups excluding carboxylic acids is 1. The number of benzene rings is 1. The van der Waals surface area contributed by atoms with Crippen molar-refractivity contribution in [1.29, 1.82) is 0 Å². The van der Waals surface area contributed by atoms with Crippen LogP contribution in [-0.2, 0) is 6.54 Å². The van der Waals surface area contributed by atoms with Gasteiger partial charge in [-0.1, -0.05) is 29.8 Å². The topological polar surface area (TPSA) is 83.8 Å². The van der Waals surface area contributed by atoms with Crippen LogP contribution in [0, 0.1) is 6.92 Å². The van der Waals surface area contributed by atoms with E-state index >= 15 is 0 Å². The lowest BCUT2D eigenvalue weighted by molar-refractivity contribution is 0.103. The van der Waals surface area contributed by atoms with Gasteiger partial charge in [-0.3, -0.25) is 9.89 Å². The van der Waals surface area contributed by atoms with Gasteiger partial charge in [0.1, 0.15) is 6.33 Å². The van der Waals surface area contributed by atoms with Gasteiger partial charge in [-0.15, -0.1) is 0 Å². The molecule has 0 aliphatic rings. The highest BCUT2D eigenvalue weighted by Gasteiger charge is 2.12. The third-order valence-electron chi connectivity index (χ3n) is 3.47. The largest absolute Gasteiger partial charge is 0.504 e. The van der Waals surface area contributed by atoms with Gasteiger partial charge in [0, 0.05) is 18.8 Å². The van der Waals surface area contributed by atoms with Crippen molar-refractivity contribution in [2.24, 2.45) is 0 Å². The molecule has 0 unspecified atom stereocenters. The second-order valence-electron chi connectivity index (χ2n) is 5.22. The number of nitrogens with zero attached hydrogens (tertiary/aromatic N) is 3. The number of ketones is 1. The number of aromatic amines is 1. The van der Waals surface area contributed by atoms with Gasteiger partial charge in [0.15, 0.2) is 5.76 Å². The number of hydrogen-bond donors (Lipinski definition) is 2. The average molecular weight is 308 g/mol. The molecule has 6 nitrogen and oxygen atoms in total. The molecule has 0 bridgehead atoms. The predicted molar refractivity (Wildman–Crippen MR) is 86.0 cm³/mol. The fourth-order valence-corrected chi connectivity index (χ4v) is 2.26. The second-order valence-corrected chi connectivity index (χ2v) is 5.22. The molecule has 0 radical (unpaired) electrons. The number of hydrogen-bond acceptors (Lipinski definition) is 4. The Kier molecular flexibility index (Phi) is 4.05. The molecule has 116 valence electrons. The van der Waals surface area contributed by atoms with E-state index < -0.39 is 0 Å². The number of rotatable bonds is 5. The van der Waals surface area contributed by atoms with Crippen LogP contribution in [0.1, 0.15) is 27.4 Å². The summed E-state index contributed by atoms with van der Waals surface area (Å²) in [5.74, 6) is -0.473.